The van der Waals surface area contributed by atoms with Crippen LogP contribution >= 0.6 is 0 Å². The second-order valence-electron chi connectivity index (χ2n) is 6.39. The smallest absolute Gasteiger partial charge is 0.0320 e. The van der Waals surface area contributed by atoms with E-state index in [0.717, 1.165) is 17.8 Å². The fraction of sp³-hybridized carbons (Fsp3) is 0.875. The third-order valence-corrected chi connectivity index (χ3v) is 4.87. The Balaban J connectivity index is 1.64. The van der Waals surface area contributed by atoms with Crippen molar-refractivity contribution < 1.29 is 0 Å². The lowest BCUT2D eigenvalue weighted by atomic mass is 9.78. The summed E-state index contributed by atoms with van der Waals surface area (Å²) in [6.45, 7) is 4.71. The Labute approximate surface area is 102 Å². The van der Waals surface area contributed by atoms with Gasteiger partial charge >= 0.3 is 0 Å². The molecule has 0 aromatic rings. The molecule has 0 N–H and O–H groups in total. The molecule has 1 fully saturated rings. The SMILES string of the molecule is CC1=CCC(CCC2CCC(C)CC2)CC1. The van der Waals surface area contributed by atoms with Gasteiger partial charge in [-0.3, -0.25) is 0 Å². The second-order valence-corrected chi connectivity index (χ2v) is 6.39. The Morgan fingerprint density at radius 1 is 1.00 bits per heavy atom. The topological polar surface area (TPSA) is 0 Å². The van der Waals surface area contributed by atoms with Crippen molar-refractivity contribution in [3.8, 4) is 0 Å². The minimum absolute atomic E-state index is 1.01. The highest BCUT2D eigenvalue weighted by molar-refractivity contribution is 5.02. The lowest BCUT2D eigenvalue weighted by molar-refractivity contribution is 0.256. The first-order valence-electron chi connectivity index (χ1n) is 7.39. The molecular weight excluding hydrogens is 192 g/mol. The van der Waals surface area contributed by atoms with Crippen molar-refractivity contribution >= 4 is 0 Å². The van der Waals surface area contributed by atoms with E-state index in [-0.39, 0.29) is 0 Å². The van der Waals surface area contributed by atoms with Crippen molar-refractivity contribution in [2.45, 2.75) is 71.6 Å². The maximum absolute atomic E-state index is 2.48. The van der Waals surface area contributed by atoms with Gasteiger partial charge in [-0.25, -0.2) is 0 Å². The zero-order chi connectivity index (χ0) is 11.4. The van der Waals surface area contributed by atoms with Crippen LogP contribution in [0.15, 0.2) is 11.6 Å². The molecule has 0 aliphatic heterocycles. The molecule has 0 aromatic heterocycles. The normalized spacial score (nSPS) is 35.9. The molecule has 0 bridgehead atoms. The molecule has 0 radical (unpaired) electrons. The van der Waals surface area contributed by atoms with Gasteiger partial charge in [0.1, 0.15) is 0 Å². The van der Waals surface area contributed by atoms with Crippen LogP contribution in [0.25, 0.3) is 0 Å². The van der Waals surface area contributed by atoms with Gasteiger partial charge in [0.05, 0.1) is 0 Å². The van der Waals surface area contributed by atoms with Crippen LogP contribution in [-0.2, 0) is 0 Å². The molecule has 0 heterocycles. The van der Waals surface area contributed by atoms with Gasteiger partial charge in [0.2, 0.25) is 0 Å². The molecule has 0 saturated heterocycles. The minimum Gasteiger partial charge on any atom is -0.0853 e. The van der Waals surface area contributed by atoms with Crippen LogP contribution in [0.1, 0.15) is 71.6 Å². The molecule has 16 heavy (non-hydrogen) atoms. The van der Waals surface area contributed by atoms with E-state index in [9.17, 15) is 0 Å². The molecule has 1 saturated carbocycles. The number of hydrogen-bond acceptors (Lipinski definition) is 0. The average Bonchev–Trinajstić information content (AvgIpc) is 2.30. The van der Waals surface area contributed by atoms with Crippen molar-refractivity contribution in [2.75, 3.05) is 0 Å². The van der Waals surface area contributed by atoms with Crippen LogP contribution in [-0.4, -0.2) is 0 Å². The van der Waals surface area contributed by atoms with Gasteiger partial charge in [-0.15, -0.1) is 0 Å². The van der Waals surface area contributed by atoms with Crippen LogP contribution in [0.3, 0.4) is 0 Å². The quantitative estimate of drug-likeness (QED) is 0.563. The van der Waals surface area contributed by atoms with E-state index < -0.39 is 0 Å². The van der Waals surface area contributed by atoms with E-state index in [1.165, 1.54) is 57.8 Å². The fourth-order valence-corrected chi connectivity index (χ4v) is 3.37. The Kier molecular flexibility index (Phi) is 4.49. The second kappa shape index (κ2) is 5.89. The molecule has 0 aromatic carbocycles. The first-order valence-corrected chi connectivity index (χ1v) is 7.39. The predicted molar refractivity (Wildman–Crippen MR) is 71.5 cm³/mol. The summed E-state index contributed by atoms with van der Waals surface area (Å²) in [5, 5.41) is 0. The molecule has 0 spiro atoms. The summed E-state index contributed by atoms with van der Waals surface area (Å²) in [6.07, 6.45) is 15.7. The highest BCUT2D eigenvalue weighted by Crippen LogP contribution is 2.34. The zero-order valence-corrected chi connectivity index (χ0v) is 11.2. The lowest BCUT2D eigenvalue weighted by Gasteiger charge is -2.28. The van der Waals surface area contributed by atoms with Crippen molar-refractivity contribution in [1.82, 2.24) is 0 Å². The molecule has 2 rings (SSSR count). The van der Waals surface area contributed by atoms with Gasteiger partial charge in [0, 0.05) is 0 Å². The van der Waals surface area contributed by atoms with E-state index >= 15 is 0 Å². The van der Waals surface area contributed by atoms with Crippen LogP contribution in [0, 0.1) is 17.8 Å². The first-order chi connectivity index (χ1) is 7.74. The van der Waals surface area contributed by atoms with E-state index in [2.05, 4.69) is 19.9 Å². The molecule has 2 aliphatic rings. The van der Waals surface area contributed by atoms with Crippen molar-refractivity contribution in [3.05, 3.63) is 11.6 Å². The van der Waals surface area contributed by atoms with E-state index in [1.807, 2.05) is 0 Å². The van der Waals surface area contributed by atoms with Gasteiger partial charge in [0.25, 0.3) is 0 Å². The summed E-state index contributed by atoms with van der Waals surface area (Å²) in [4.78, 5) is 0. The third-order valence-electron chi connectivity index (χ3n) is 4.87. The molecule has 0 amide bonds. The Hall–Kier alpha value is -0.260. The molecule has 1 atom stereocenters. The predicted octanol–water partition coefficient (Wildman–Crippen LogP) is 5.34. The highest BCUT2D eigenvalue weighted by Gasteiger charge is 2.20. The monoisotopic (exact) mass is 220 g/mol. The summed E-state index contributed by atoms with van der Waals surface area (Å²) in [5.74, 6) is 3.10. The Bertz CT molecular complexity index is 230. The summed E-state index contributed by atoms with van der Waals surface area (Å²) >= 11 is 0. The molecule has 92 valence electrons. The fourth-order valence-electron chi connectivity index (χ4n) is 3.37. The Morgan fingerprint density at radius 2 is 1.69 bits per heavy atom. The largest absolute Gasteiger partial charge is 0.0853 e. The summed E-state index contributed by atoms with van der Waals surface area (Å²) in [6, 6.07) is 0. The van der Waals surface area contributed by atoms with Crippen molar-refractivity contribution in [1.29, 1.82) is 0 Å². The standard InChI is InChI=1S/C16H28/c1-13-3-7-15(8-4-13)11-12-16-9-5-14(2)6-10-16/h3,14-16H,4-12H2,1-2H3. The van der Waals surface area contributed by atoms with Gasteiger partial charge in [-0.1, -0.05) is 50.7 Å². The third kappa shape index (κ3) is 3.64. The molecule has 1 unspecified atom stereocenters. The highest BCUT2D eigenvalue weighted by atomic mass is 14.3. The molecular formula is C16H28. The molecule has 0 nitrogen and oxygen atoms in total. The maximum atomic E-state index is 2.48. The van der Waals surface area contributed by atoms with Gasteiger partial charge in [0.15, 0.2) is 0 Å². The summed E-state index contributed by atoms with van der Waals surface area (Å²) in [5.41, 5.74) is 1.63. The average molecular weight is 220 g/mol. The lowest BCUT2D eigenvalue weighted by Crippen LogP contribution is -2.14. The maximum Gasteiger partial charge on any atom is -0.0320 e. The van der Waals surface area contributed by atoms with E-state index in [1.54, 1.807) is 5.57 Å². The van der Waals surface area contributed by atoms with Crippen molar-refractivity contribution in [3.63, 3.8) is 0 Å². The van der Waals surface area contributed by atoms with Gasteiger partial charge < -0.3 is 0 Å². The summed E-state index contributed by atoms with van der Waals surface area (Å²) < 4.78 is 0. The summed E-state index contributed by atoms with van der Waals surface area (Å²) in [7, 11) is 0. The Morgan fingerprint density at radius 3 is 2.31 bits per heavy atom. The van der Waals surface area contributed by atoms with Crippen LogP contribution in [0.5, 0.6) is 0 Å². The molecule has 0 heteroatoms. The first kappa shape index (κ1) is 12.2. The zero-order valence-electron chi connectivity index (χ0n) is 11.2. The van der Waals surface area contributed by atoms with E-state index in [0.29, 0.717) is 0 Å². The minimum atomic E-state index is 1.01. The number of allylic oxidation sites excluding steroid dienone is 2. The van der Waals surface area contributed by atoms with Crippen LogP contribution in [0.4, 0.5) is 0 Å². The van der Waals surface area contributed by atoms with Crippen LogP contribution < -0.4 is 0 Å². The van der Waals surface area contributed by atoms with Gasteiger partial charge in [-0.2, -0.15) is 0 Å². The number of hydrogen-bond donors (Lipinski definition) is 0. The number of rotatable bonds is 3. The van der Waals surface area contributed by atoms with E-state index in [4.69, 9.17) is 0 Å². The van der Waals surface area contributed by atoms with Crippen molar-refractivity contribution in [2.24, 2.45) is 17.8 Å². The molecule has 2 aliphatic carbocycles. The van der Waals surface area contributed by atoms with Crippen LogP contribution in [0.2, 0.25) is 0 Å². The van der Waals surface area contributed by atoms with Gasteiger partial charge in [-0.05, 0) is 50.4 Å².